The van der Waals surface area contributed by atoms with E-state index in [1.807, 2.05) is 69.0 Å². The molecule has 1 aliphatic rings. The van der Waals surface area contributed by atoms with E-state index >= 15 is 0 Å². The van der Waals surface area contributed by atoms with E-state index in [0.29, 0.717) is 28.8 Å². The third-order valence-electron chi connectivity index (χ3n) is 5.81. The fraction of sp³-hybridized carbons (Fsp3) is 0.370. The van der Waals surface area contributed by atoms with Gasteiger partial charge in [0.2, 0.25) is 0 Å². The number of carbonyl (C=O) groups excluding carboxylic acids is 2. The Morgan fingerprint density at radius 2 is 1.54 bits per heavy atom. The van der Waals surface area contributed by atoms with E-state index in [1.54, 1.807) is 12.1 Å². The Labute approximate surface area is 212 Å². The van der Waals surface area contributed by atoms with Crippen LogP contribution in [0.3, 0.4) is 0 Å². The van der Waals surface area contributed by atoms with Crippen LogP contribution in [0.15, 0.2) is 59.8 Å². The maximum absolute atomic E-state index is 13.0. The number of urea groups is 1. The van der Waals surface area contributed by atoms with Crippen molar-refractivity contribution in [2.24, 2.45) is 0 Å². The number of carbonyl (C=O) groups is 2. The highest BCUT2D eigenvalue weighted by Gasteiger charge is 2.34. The number of nitrogens with one attached hydrogen (secondary N) is 3. The second-order valence-electron chi connectivity index (χ2n) is 9.06. The van der Waals surface area contributed by atoms with Crippen molar-refractivity contribution >= 4 is 40.7 Å². The molecule has 0 saturated heterocycles. The van der Waals surface area contributed by atoms with Crippen molar-refractivity contribution in [2.45, 2.75) is 59.6 Å². The van der Waals surface area contributed by atoms with Crippen molar-refractivity contribution < 1.29 is 14.3 Å². The topological polar surface area (TPSA) is 82.7 Å². The normalized spacial score (nSPS) is 15.8. The SMILES string of the molecule is CCN1C(=S)N[C@@H](c2ccc(NC(=O)Nc3ccc(C(C)C)cc3)cc2)C(C(=O)OC(C)C)=C1C. The number of benzene rings is 2. The predicted molar refractivity (Wildman–Crippen MR) is 144 cm³/mol. The number of anilines is 2. The van der Waals surface area contributed by atoms with E-state index < -0.39 is 6.04 Å². The molecule has 2 aromatic carbocycles. The summed E-state index contributed by atoms with van der Waals surface area (Å²) in [5.41, 5.74) is 4.71. The Hall–Kier alpha value is -3.39. The average molecular weight is 495 g/mol. The monoisotopic (exact) mass is 494 g/mol. The molecule has 0 unspecified atom stereocenters. The number of thiocarbonyl (C=S) groups is 1. The molecular weight excluding hydrogens is 460 g/mol. The maximum atomic E-state index is 13.0. The molecule has 7 nitrogen and oxygen atoms in total. The zero-order valence-corrected chi connectivity index (χ0v) is 22.0. The van der Waals surface area contributed by atoms with Gasteiger partial charge in [-0.25, -0.2) is 9.59 Å². The van der Waals surface area contributed by atoms with Crippen molar-refractivity contribution in [1.29, 1.82) is 0 Å². The Morgan fingerprint density at radius 1 is 1.00 bits per heavy atom. The highest BCUT2D eigenvalue weighted by Crippen LogP contribution is 2.32. The van der Waals surface area contributed by atoms with Crippen molar-refractivity contribution in [3.63, 3.8) is 0 Å². The summed E-state index contributed by atoms with van der Waals surface area (Å²) >= 11 is 5.54. The lowest BCUT2D eigenvalue weighted by atomic mass is 9.94. The van der Waals surface area contributed by atoms with Crippen LogP contribution < -0.4 is 16.0 Å². The van der Waals surface area contributed by atoms with E-state index in [0.717, 1.165) is 16.9 Å². The largest absolute Gasteiger partial charge is 0.459 e. The van der Waals surface area contributed by atoms with E-state index in [1.165, 1.54) is 5.56 Å². The molecule has 0 aromatic heterocycles. The van der Waals surface area contributed by atoms with Gasteiger partial charge in [-0.1, -0.05) is 38.1 Å². The van der Waals surface area contributed by atoms with Gasteiger partial charge in [0.05, 0.1) is 17.7 Å². The number of rotatable bonds is 7. The summed E-state index contributed by atoms with van der Waals surface area (Å²) in [5.74, 6) is 0.0573. The van der Waals surface area contributed by atoms with Crippen LogP contribution in [-0.4, -0.2) is 34.7 Å². The van der Waals surface area contributed by atoms with Crippen LogP contribution >= 0.6 is 12.2 Å². The van der Waals surface area contributed by atoms with E-state index in [9.17, 15) is 9.59 Å². The molecule has 35 heavy (non-hydrogen) atoms. The number of nitrogens with zero attached hydrogens (tertiary/aromatic N) is 1. The summed E-state index contributed by atoms with van der Waals surface area (Å²) in [6.45, 7) is 12.4. The minimum Gasteiger partial charge on any atom is -0.459 e. The van der Waals surface area contributed by atoms with Crippen LogP contribution in [0.1, 0.15) is 64.6 Å². The first kappa shape index (κ1) is 26.2. The fourth-order valence-corrected chi connectivity index (χ4v) is 4.34. The second-order valence-corrected chi connectivity index (χ2v) is 9.44. The molecule has 1 heterocycles. The molecule has 0 aliphatic carbocycles. The summed E-state index contributed by atoms with van der Waals surface area (Å²) in [6, 6.07) is 14.4. The minimum atomic E-state index is -0.445. The summed E-state index contributed by atoms with van der Waals surface area (Å²) in [5, 5.41) is 9.52. The number of hydrogen-bond donors (Lipinski definition) is 3. The minimum absolute atomic E-state index is 0.237. The molecule has 3 N–H and O–H groups in total. The maximum Gasteiger partial charge on any atom is 0.338 e. The van der Waals surface area contributed by atoms with Crippen LogP contribution in [0.25, 0.3) is 0 Å². The van der Waals surface area contributed by atoms with Gasteiger partial charge in [0.15, 0.2) is 5.11 Å². The van der Waals surface area contributed by atoms with E-state index in [-0.39, 0.29) is 18.1 Å². The van der Waals surface area contributed by atoms with Gasteiger partial charge in [-0.15, -0.1) is 0 Å². The number of esters is 1. The van der Waals surface area contributed by atoms with Crippen molar-refractivity contribution in [1.82, 2.24) is 10.2 Å². The molecule has 1 aliphatic heterocycles. The molecule has 186 valence electrons. The Morgan fingerprint density at radius 3 is 2.03 bits per heavy atom. The van der Waals surface area contributed by atoms with Crippen LogP contribution in [0, 0.1) is 0 Å². The predicted octanol–water partition coefficient (Wildman–Crippen LogP) is 5.93. The van der Waals surface area contributed by atoms with Crippen LogP contribution in [0.5, 0.6) is 0 Å². The molecule has 2 amide bonds. The first-order valence-electron chi connectivity index (χ1n) is 11.9. The Balaban J connectivity index is 1.75. The summed E-state index contributed by atoms with van der Waals surface area (Å²) in [6.07, 6.45) is -0.237. The lowest BCUT2D eigenvalue weighted by Gasteiger charge is -2.37. The van der Waals surface area contributed by atoms with Crippen molar-refractivity contribution in [2.75, 3.05) is 17.2 Å². The molecule has 0 spiro atoms. The highest BCUT2D eigenvalue weighted by molar-refractivity contribution is 7.80. The van der Waals surface area contributed by atoms with Crippen LogP contribution in [-0.2, 0) is 9.53 Å². The van der Waals surface area contributed by atoms with Gasteiger partial charge in [-0.05, 0) is 81.2 Å². The molecule has 1 atom stereocenters. The molecule has 2 aromatic rings. The Kier molecular flexibility index (Phi) is 8.51. The van der Waals surface area contributed by atoms with Gasteiger partial charge < -0.3 is 25.6 Å². The molecule has 0 radical (unpaired) electrons. The number of hydrogen-bond acceptors (Lipinski definition) is 4. The van der Waals surface area contributed by atoms with Gasteiger partial charge in [0.25, 0.3) is 0 Å². The molecule has 0 bridgehead atoms. The first-order valence-corrected chi connectivity index (χ1v) is 12.3. The lowest BCUT2D eigenvalue weighted by molar-refractivity contribution is -0.143. The van der Waals surface area contributed by atoms with Crippen molar-refractivity contribution in [3.8, 4) is 0 Å². The summed E-state index contributed by atoms with van der Waals surface area (Å²) in [7, 11) is 0. The van der Waals surface area contributed by atoms with Crippen molar-refractivity contribution in [3.05, 3.63) is 70.9 Å². The number of allylic oxidation sites excluding steroid dienone is 1. The fourth-order valence-electron chi connectivity index (χ4n) is 3.96. The third kappa shape index (κ3) is 6.39. The van der Waals surface area contributed by atoms with Gasteiger partial charge in [0, 0.05) is 23.6 Å². The van der Waals surface area contributed by atoms with Gasteiger partial charge in [-0.2, -0.15) is 0 Å². The molecule has 0 saturated carbocycles. The van der Waals surface area contributed by atoms with Gasteiger partial charge in [-0.3, -0.25) is 0 Å². The highest BCUT2D eigenvalue weighted by atomic mass is 32.1. The molecule has 8 heteroatoms. The van der Waals surface area contributed by atoms with Gasteiger partial charge >= 0.3 is 12.0 Å². The Bertz CT molecular complexity index is 1110. The third-order valence-corrected chi connectivity index (χ3v) is 6.15. The van der Waals surface area contributed by atoms with Crippen LogP contribution in [0.4, 0.5) is 16.2 Å². The lowest BCUT2D eigenvalue weighted by Crippen LogP contribution is -2.47. The zero-order chi connectivity index (χ0) is 25.7. The standard InChI is InChI=1S/C27H34N4O3S/c1-7-31-18(6)23(25(32)34-17(4)5)24(30-27(31)35)20-10-14-22(15-11-20)29-26(33)28-21-12-8-19(9-13-21)16(2)3/h8-17,24H,7H2,1-6H3,(H,30,35)(H2,28,29,33)/t24-/m0/s1. The smallest absolute Gasteiger partial charge is 0.338 e. The average Bonchev–Trinajstić information content (AvgIpc) is 2.79. The van der Waals surface area contributed by atoms with E-state index in [2.05, 4.69) is 29.8 Å². The summed E-state index contributed by atoms with van der Waals surface area (Å²) < 4.78 is 5.52. The zero-order valence-electron chi connectivity index (χ0n) is 21.1. The van der Waals surface area contributed by atoms with Crippen LogP contribution in [0.2, 0.25) is 0 Å². The molecular formula is C27H34N4O3S. The van der Waals surface area contributed by atoms with Gasteiger partial charge in [0.1, 0.15) is 0 Å². The quantitative estimate of drug-likeness (QED) is 0.327. The first-order chi connectivity index (χ1) is 16.6. The second kappa shape index (κ2) is 11.4. The molecule has 3 rings (SSSR count). The number of amides is 2. The summed E-state index contributed by atoms with van der Waals surface area (Å²) in [4.78, 5) is 27.3. The van der Waals surface area contributed by atoms with E-state index in [4.69, 9.17) is 17.0 Å². The number of ether oxygens (including phenoxy) is 1. The molecule has 0 fully saturated rings.